The summed E-state index contributed by atoms with van der Waals surface area (Å²) in [6.07, 6.45) is 0.512. The van der Waals surface area contributed by atoms with Crippen LogP contribution in [0.4, 0.5) is 4.79 Å². The summed E-state index contributed by atoms with van der Waals surface area (Å²) in [5.74, 6) is 1.75. The molecule has 1 atom stereocenters. The normalized spacial score (nSPS) is 16.5. The van der Waals surface area contributed by atoms with Crippen molar-refractivity contribution in [2.75, 3.05) is 46.8 Å². The van der Waals surface area contributed by atoms with Gasteiger partial charge in [0.15, 0.2) is 5.96 Å². The predicted octanol–water partition coefficient (Wildman–Crippen LogP) is 2.94. The van der Waals surface area contributed by atoms with Crippen LogP contribution in [0.15, 0.2) is 15.6 Å². The summed E-state index contributed by atoms with van der Waals surface area (Å²) in [5.41, 5.74) is 0.492. The Hall–Kier alpha value is -1.56. The Morgan fingerprint density at radius 2 is 2.00 bits per heavy atom. The molecule has 2 rings (SSSR count). The summed E-state index contributed by atoms with van der Waals surface area (Å²) in [7, 11) is 3.59. The van der Waals surface area contributed by atoms with E-state index < -0.39 is 5.60 Å². The van der Waals surface area contributed by atoms with Gasteiger partial charge in [-0.1, -0.05) is 5.16 Å². The molecule has 0 radical (unpaired) electrons. The number of ether oxygens (including phenoxy) is 1. The second-order valence-electron chi connectivity index (χ2n) is 8.90. The molecule has 0 aliphatic carbocycles. The van der Waals surface area contributed by atoms with E-state index in [2.05, 4.69) is 25.3 Å². The minimum Gasteiger partial charge on any atom is -0.444 e. The molecule has 9 nitrogen and oxygen atoms in total. The Bertz CT molecular complexity index is 710. The van der Waals surface area contributed by atoms with E-state index in [-0.39, 0.29) is 36.1 Å². The number of hydrogen-bond donors (Lipinski definition) is 1. The van der Waals surface area contributed by atoms with Gasteiger partial charge in [-0.25, -0.2) is 4.79 Å². The van der Waals surface area contributed by atoms with Gasteiger partial charge in [-0.15, -0.1) is 24.0 Å². The van der Waals surface area contributed by atoms with E-state index in [0.717, 1.165) is 63.1 Å². The quantitative estimate of drug-likeness (QED) is 0.331. The number of nitrogens with zero attached hydrogens (tertiary/aromatic N) is 5. The second-order valence-corrected chi connectivity index (χ2v) is 8.90. The predicted molar refractivity (Wildman–Crippen MR) is 133 cm³/mol. The molecule has 10 heteroatoms. The third-order valence-corrected chi connectivity index (χ3v) is 5.13. The standard InChI is InChI=1S/C21H38N6O3.HI/c1-16(25(7)20(28)29-21(3,4)5)8-9-23-19(22-6)27-12-10-26(11-13-27)15-18-14-17(2)30-24-18;/h14,16H,8-13,15H2,1-7H3,(H,22,23);1H. The number of rotatable bonds is 6. The van der Waals surface area contributed by atoms with Gasteiger partial charge < -0.3 is 24.4 Å². The summed E-state index contributed by atoms with van der Waals surface area (Å²) in [6.45, 7) is 14.8. The summed E-state index contributed by atoms with van der Waals surface area (Å²) in [6, 6.07) is 2.05. The zero-order chi connectivity index (χ0) is 22.3. The number of carbonyl (C=O) groups excluding carboxylic acids is 1. The van der Waals surface area contributed by atoms with Crippen LogP contribution >= 0.6 is 24.0 Å². The molecule has 1 unspecified atom stereocenters. The van der Waals surface area contributed by atoms with Crippen molar-refractivity contribution >= 4 is 36.0 Å². The van der Waals surface area contributed by atoms with Crippen molar-refractivity contribution in [3.63, 3.8) is 0 Å². The third-order valence-electron chi connectivity index (χ3n) is 5.13. The highest BCUT2D eigenvalue weighted by Gasteiger charge is 2.24. The zero-order valence-corrected chi connectivity index (χ0v) is 22.3. The van der Waals surface area contributed by atoms with Gasteiger partial charge in [-0.3, -0.25) is 9.89 Å². The van der Waals surface area contributed by atoms with Crippen LogP contribution in [-0.4, -0.2) is 90.4 Å². The number of halogens is 1. The largest absolute Gasteiger partial charge is 0.444 e. The average Bonchev–Trinajstić information content (AvgIpc) is 3.08. The zero-order valence-electron chi connectivity index (χ0n) is 20.0. The topological polar surface area (TPSA) is 86.4 Å². The van der Waals surface area contributed by atoms with Gasteiger partial charge in [0.05, 0.1) is 5.69 Å². The highest BCUT2D eigenvalue weighted by Crippen LogP contribution is 2.12. The van der Waals surface area contributed by atoms with E-state index in [1.54, 1.807) is 11.9 Å². The van der Waals surface area contributed by atoms with E-state index in [9.17, 15) is 4.79 Å². The summed E-state index contributed by atoms with van der Waals surface area (Å²) in [4.78, 5) is 22.9. The molecule has 1 aliphatic rings. The van der Waals surface area contributed by atoms with Crippen molar-refractivity contribution in [3.8, 4) is 0 Å². The highest BCUT2D eigenvalue weighted by atomic mass is 127. The molecule has 178 valence electrons. The maximum Gasteiger partial charge on any atom is 0.410 e. The van der Waals surface area contributed by atoms with Crippen LogP contribution in [-0.2, 0) is 11.3 Å². The van der Waals surface area contributed by atoms with Crippen LogP contribution in [0.3, 0.4) is 0 Å². The molecule has 1 saturated heterocycles. The van der Waals surface area contributed by atoms with Gasteiger partial charge in [0, 0.05) is 65.5 Å². The van der Waals surface area contributed by atoms with Crippen LogP contribution in [0.25, 0.3) is 0 Å². The summed E-state index contributed by atoms with van der Waals surface area (Å²) < 4.78 is 10.6. The summed E-state index contributed by atoms with van der Waals surface area (Å²) >= 11 is 0. The third kappa shape index (κ3) is 9.22. The molecule has 1 amide bonds. The number of aryl methyl sites for hydroxylation is 1. The molecule has 1 N–H and O–H groups in total. The number of nitrogens with one attached hydrogen (secondary N) is 1. The Labute approximate surface area is 203 Å². The van der Waals surface area contributed by atoms with Crippen molar-refractivity contribution in [1.29, 1.82) is 0 Å². The van der Waals surface area contributed by atoms with Crippen LogP contribution < -0.4 is 5.32 Å². The lowest BCUT2D eigenvalue weighted by atomic mass is 10.2. The van der Waals surface area contributed by atoms with E-state index in [0.29, 0.717) is 0 Å². The van der Waals surface area contributed by atoms with Gasteiger partial charge in [0.25, 0.3) is 0 Å². The summed E-state index contributed by atoms with van der Waals surface area (Å²) in [5, 5.41) is 7.51. The first-order chi connectivity index (χ1) is 14.1. The monoisotopic (exact) mass is 550 g/mol. The van der Waals surface area contributed by atoms with E-state index in [1.807, 2.05) is 47.7 Å². The van der Waals surface area contributed by atoms with E-state index in [4.69, 9.17) is 9.26 Å². The van der Waals surface area contributed by atoms with Crippen molar-refractivity contribution < 1.29 is 14.1 Å². The van der Waals surface area contributed by atoms with Gasteiger partial charge >= 0.3 is 6.09 Å². The Kier molecular flexibility index (Phi) is 11.1. The van der Waals surface area contributed by atoms with Crippen LogP contribution in [0.1, 0.15) is 45.6 Å². The molecule has 0 bridgehead atoms. The highest BCUT2D eigenvalue weighted by molar-refractivity contribution is 14.0. The van der Waals surface area contributed by atoms with Gasteiger partial charge in [0.2, 0.25) is 0 Å². The number of carbonyl (C=O) groups is 1. The first-order valence-corrected chi connectivity index (χ1v) is 10.6. The van der Waals surface area contributed by atoms with E-state index in [1.165, 1.54) is 0 Å². The molecule has 1 aliphatic heterocycles. The Morgan fingerprint density at radius 1 is 1.35 bits per heavy atom. The fourth-order valence-corrected chi connectivity index (χ4v) is 3.27. The number of amides is 1. The first-order valence-electron chi connectivity index (χ1n) is 10.6. The molecule has 1 fully saturated rings. The minimum atomic E-state index is -0.486. The number of aromatic nitrogens is 1. The fraction of sp³-hybridized carbons (Fsp3) is 0.762. The van der Waals surface area contributed by atoms with Gasteiger partial charge in [0.1, 0.15) is 11.4 Å². The molecule has 0 spiro atoms. The minimum absolute atomic E-state index is 0. The van der Waals surface area contributed by atoms with Crippen LogP contribution in [0.2, 0.25) is 0 Å². The molecule has 0 saturated carbocycles. The SMILES string of the molecule is CN=C(NCCC(C)N(C)C(=O)OC(C)(C)C)N1CCN(Cc2cc(C)on2)CC1.I. The van der Waals surface area contributed by atoms with Crippen molar-refractivity contribution in [2.24, 2.45) is 4.99 Å². The average molecular weight is 550 g/mol. The molecule has 1 aromatic rings. The van der Waals surface area contributed by atoms with E-state index >= 15 is 0 Å². The molecule has 31 heavy (non-hydrogen) atoms. The van der Waals surface area contributed by atoms with Gasteiger partial charge in [-0.05, 0) is 41.0 Å². The lowest BCUT2D eigenvalue weighted by Gasteiger charge is -2.36. The maximum absolute atomic E-state index is 12.2. The Morgan fingerprint density at radius 3 is 2.52 bits per heavy atom. The van der Waals surface area contributed by atoms with Crippen molar-refractivity contribution in [2.45, 2.75) is 59.2 Å². The molecular formula is C21H39IN6O3. The number of piperazine rings is 1. The molecule has 1 aromatic heterocycles. The fourth-order valence-electron chi connectivity index (χ4n) is 3.27. The maximum atomic E-state index is 12.2. The number of guanidine groups is 1. The second kappa shape index (κ2) is 12.5. The molecule has 0 aromatic carbocycles. The molecular weight excluding hydrogens is 511 g/mol. The lowest BCUT2D eigenvalue weighted by molar-refractivity contribution is 0.0230. The van der Waals surface area contributed by atoms with Gasteiger partial charge in [-0.2, -0.15) is 0 Å². The van der Waals surface area contributed by atoms with Crippen LogP contribution in [0, 0.1) is 6.92 Å². The smallest absolute Gasteiger partial charge is 0.410 e. The van der Waals surface area contributed by atoms with Crippen molar-refractivity contribution in [1.82, 2.24) is 25.2 Å². The number of aliphatic imine (C=N–C) groups is 1. The van der Waals surface area contributed by atoms with Crippen LogP contribution in [0.5, 0.6) is 0 Å². The number of hydrogen-bond acceptors (Lipinski definition) is 6. The Balaban J connectivity index is 0.00000480. The molecule has 2 heterocycles. The first kappa shape index (κ1) is 27.5. The lowest BCUT2D eigenvalue weighted by Crippen LogP contribution is -2.52. The van der Waals surface area contributed by atoms with Crippen molar-refractivity contribution in [3.05, 3.63) is 17.5 Å².